The van der Waals surface area contributed by atoms with Gasteiger partial charge in [0.1, 0.15) is 5.71 Å². The minimum Gasteiger partial charge on any atom is -0.344 e. The van der Waals surface area contributed by atoms with Crippen molar-refractivity contribution in [3.8, 4) is 0 Å². The van der Waals surface area contributed by atoms with E-state index in [1.165, 1.54) is 6.92 Å². The Bertz CT molecular complexity index is 288. The molecule has 0 saturated heterocycles. The molecular weight excluding hydrogens is 156 g/mol. The van der Waals surface area contributed by atoms with E-state index in [0.717, 1.165) is 0 Å². The van der Waals surface area contributed by atoms with E-state index < -0.39 is 0 Å². The molecule has 0 atom stereocenters. The van der Waals surface area contributed by atoms with Gasteiger partial charge in [-0.15, -0.1) is 0 Å². The highest BCUT2D eigenvalue weighted by molar-refractivity contribution is 5.95. The fraction of sp³-hybridized carbons (Fsp3) is 0.286. The molecule has 0 aliphatic heterocycles. The Hall–Kier alpha value is -1.65. The lowest BCUT2D eigenvalue weighted by atomic mass is 10.4. The lowest BCUT2D eigenvalue weighted by Crippen LogP contribution is -2.15. The predicted molar refractivity (Wildman–Crippen MR) is 44.6 cm³/mol. The first-order valence-corrected chi connectivity index (χ1v) is 3.51. The van der Waals surface area contributed by atoms with Gasteiger partial charge in [0.2, 0.25) is 5.91 Å². The Kier molecular flexibility index (Phi) is 2.57. The number of carbonyl (C=O) groups is 1. The summed E-state index contributed by atoms with van der Waals surface area (Å²) in [5.41, 5.74) is 2.97. The van der Waals surface area contributed by atoms with Crippen LogP contribution in [0, 0.1) is 0 Å². The van der Waals surface area contributed by atoms with Crippen LogP contribution in [0.3, 0.4) is 0 Å². The van der Waals surface area contributed by atoms with Crippen LogP contribution >= 0.6 is 0 Å². The van der Waals surface area contributed by atoms with Gasteiger partial charge in [0.25, 0.3) is 0 Å². The van der Waals surface area contributed by atoms with E-state index in [9.17, 15) is 4.79 Å². The van der Waals surface area contributed by atoms with Crippen LogP contribution in [0.5, 0.6) is 0 Å². The number of H-pyrrole nitrogens is 1. The molecule has 0 aromatic carbocycles. The first kappa shape index (κ1) is 8.45. The van der Waals surface area contributed by atoms with Crippen molar-refractivity contribution in [3.05, 3.63) is 18.2 Å². The molecule has 64 valence electrons. The fourth-order valence-electron chi connectivity index (χ4n) is 0.679. The van der Waals surface area contributed by atoms with Gasteiger partial charge in [-0.1, -0.05) is 0 Å². The first-order valence-electron chi connectivity index (χ1n) is 3.51. The Balaban J connectivity index is 2.65. The number of aromatic nitrogens is 2. The monoisotopic (exact) mass is 166 g/mol. The molecule has 0 spiro atoms. The number of carbonyl (C=O) groups excluding carboxylic acids is 1. The Morgan fingerprint density at radius 1 is 1.67 bits per heavy atom. The zero-order chi connectivity index (χ0) is 8.97. The molecule has 0 bridgehead atoms. The zero-order valence-corrected chi connectivity index (χ0v) is 6.96. The van der Waals surface area contributed by atoms with Crippen LogP contribution in [0.15, 0.2) is 17.5 Å². The number of hydrogen-bond donors (Lipinski definition) is 2. The number of hydrogen-bond acceptors (Lipinski definition) is 3. The summed E-state index contributed by atoms with van der Waals surface area (Å²) < 4.78 is 0. The molecule has 1 amide bonds. The van der Waals surface area contributed by atoms with Crippen molar-refractivity contribution in [1.29, 1.82) is 0 Å². The summed E-state index contributed by atoms with van der Waals surface area (Å²) in [6, 6.07) is 0. The highest BCUT2D eigenvalue weighted by Crippen LogP contribution is 1.90. The van der Waals surface area contributed by atoms with E-state index in [-0.39, 0.29) is 5.91 Å². The van der Waals surface area contributed by atoms with Gasteiger partial charge in [0.05, 0.1) is 0 Å². The number of nitrogens with zero attached hydrogens (tertiary/aromatic N) is 2. The summed E-state index contributed by atoms with van der Waals surface area (Å²) in [7, 11) is 0. The highest BCUT2D eigenvalue weighted by atomic mass is 16.2. The molecule has 5 nitrogen and oxygen atoms in total. The lowest BCUT2D eigenvalue weighted by molar-refractivity contribution is -0.118. The average molecular weight is 166 g/mol. The van der Waals surface area contributed by atoms with E-state index in [0.29, 0.717) is 11.5 Å². The largest absolute Gasteiger partial charge is 0.344 e. The molecule has 0 radical (unpaired) electrons. The molecule has 0 aliphatic carbocycles. The number of hydrazone groups is 1. The summed E-state index contributed by atoms with van der Waals surface area (Å²) in [5, 5.41) is 3.79. The van der Waals surface area contributed by atoms with Crippen molar-refractivity contribution in [3.63, 3.8) is 0 Å². The van der Waals surface area contributed by atoms with Crippen LogP contribution in [0.1, 0.15) is 19.7 Å². The van der Waals surface area contributed by atoms with Gasteiger partial charge >= 0.3 is 0 Å². The topological polar surface area (TPSA) is 70.1 Å². The lowest BCUT2D eigenvalue weighted by Gasteiger charge is -1.95. The van der Waals surface area contributed by atoms with Crippen molar-refractivity contribution in [2.45, 2.75) is 13.8 Å². The number of imidazole rings is 1. The maximum atomic E-state index is 10.5. The zero-order valence-electron chi connectivity index (χ0n) is 6.96. The second-order valence-electron chi connectivity index (χ2n) is 2.30. The molecule has 0 fully saturated rings. The summed E-state index contributed by atoms with van der Waals surface area (Å²) in [4.78, 5) is 17.3. The van der Waals surface area contributed by atoms with Crippen LogP contribution in [0.4, 0.5) is 0 Å². The smallest absolute Gasteiger partial charge is 0.236 e. The molecule has 2 N–H and O–H groups in total. The van der Waals surface area contributed by atoms with E-state index in [4.69, 9.17) is 0 Å². The van der Waals surface area contributed by atoms with Gasteiger partial charge in [0.15, 0.2) is 5.82 Å². The minimum absolute atomic E-state index is 0.194. The summed E-state index contributed by atoms with van der Waals surface area (Å²) in [6.45, 7) is 3.16. The number of nitrogens with one attached hydrogen (secondary N) is 2. The molecule has 1 heterocycles. The van der Waals surface area contributed by atoms with Gasteiger partial charge < -0.3 is 4.98 Å². The fourth-order valence-corrected chi connectivity index (χ4v) is 0.679. The van der Waals surface area contributed by atoms with Gasteiger partial charge in [-0.2, -0.15) is 5.10 Å². The van der Waals surface area contributed by atoms with Gasteiger partial charge in [-0.05, 0) is 6.92 Å². The van der Waals surface area contributed by atoms with Gasteiger partial charge in [0, 0.05) is 19.3 Å². The molecule has 1 aromatic heterocycles. The highest BCUT2D eigenvalue weighted by Gasteiger charge is 1.98. The predicted octanol–water partition coefficient (Wildman–Crippen LogP) is 0.270. The van der Waals surface area contributed by atoms with Crippen LogP contribution < -0.4 is 5.43 Å². The van der Waals surface area contributed by atoms with Crippen molar-refractivity contribution in [1.82, 2.24) is 15.4 Å². The van der Waals surface area contributed by atoms with Crippen LogP contribution in [0.25, 0.3) is 0 Å². The summed E-state index contributed by atoms with van der Waals surface area (Å²) in [6.07, 6.45) is 3.32. The molecule has 1 rings (SSSR count). The molecule has 0 unspecified atom stereocenters. The Labute approximate surface area is 69.9 Å². The second-order valence-corrected chi connectivity index (χ2v) is 2.30. The summed E-state index contributed by atoms with van der Waals surface area (Å²) >= 11 is 0. The average Bonchev–Trinajstić information content (AvgIpc) is 2.51. The second kappa shape index (κ2) is 3.66. The molecule has 12 heavy (non-hydrogen) atoms. The minimum atomic E-state index is -0.194. The van der Waals surface area contributed by atoms with E-state index >= 15 is 0 Å². The maximum Gasteiger partial charge on any atom is 0.236 e. The summed E-state index contributed by atoms with van der Waals surface area (Å²) in [5.74, 6) is 0.463. The third-order valence-corrected chi connectivity index (χ3v) is 1.22. The van der Waals surface area contributed by atoms with Gasteiger partial charge in [-0.3, -0.25) is 4.79 Å². The van der Waals surface area contributed by atoms with Crippen molar-refractivity contribution in [2.75, 3.05) is 0 Å². The number of amides is 1. The quantitative estimate of drug-likeness (QED) is 0.489. The molecule has 0 saturated carbocycles. The molecule has 1 aromatic rings. The normalized spacial score (nSPS) is 11.3. The van der Waals surface area contributed by atoms with Crippen LogP contribution in [-0.4, -0.2) is 21.6 Å². The van der Waals surface area contributed by atoms with E-state index in [1.807, 2.05) is 0 Å². The third-order valence-electron chi connectivity index (χ3n) is 1.22. The van der Waals surface area contributed by atoms with Gasteiger partial charge in [-0.25, -0.2) is 10.4 Å². The Morgan fingerprint density at radius 3 is 2.92 bits per heavy atom. The third kappa shape index (κ3) is 2.19. The first-order chi connectivity index (χ1) is 5.70. The SMILES string of the molecule is CC(=O)N/N=C(/C)c1ncc[nH]1. The number of aromatic amines is 1. The van der Waals surface area contributed by atoms with Crippen molar-refractivity contribution >= 4 is 11.6 Å². The number of rotatable bonds is 2. The van der Waals surface area contributed by atoms with Crippen molar-refractivity contribution < 1.29 is 4.79 Å². The van der Waals surface area contributed by atoms with Crippen LogP contribution in [0.2, 0.25) is 0 Å². The molecule has 0 aliphatic rings. The maximum absolute atomic E-state index is 10.5. The van der Waals surface area contributed by atoms with E-state index in [1.54, 1.807) is 19.3 Å². The van der Waals surface area contributed by atoms with Crippen molar-refractivity contribution in [2.24, 2.45) is 5.10 Å². The van der Waals surface area contributed by atoms with E-state index in [2.05, 4.69) is 20.5 Å². The van der Waals surface area contributed by atoms with Crippen LogP contribution in [-0.2, 0) is 4.79 Å². The molecular formula is C7H10N4O. The molecule has 5 heteroatoms. The Morgan fingerprint density at radius 2 is 2.42 bits per heavy atom. The standard InChI is InChI=1S/C7H10N4O/c1-5(10-11-6(2)12)7-8-3-4-9-7/h3-4H,1-2H3,(H,8,9)(H,11,12)/b10-5-.